The van der Waals surface area contributed by atoms with Crippen molar-refractivity contribution in [1.82, 2.24) is 0 Å². The number of fused-ring (bicyclic) bond motifs is 1. The van der Waals surface area contributed by atoms with Crippen molar-refractivity contribution in [2.45, 2.75) is 31.9 Å². The number of amides is 1. The van der Waals surface area contributed by atoms with E-state index < -0.39 is 17.6 Å². The van der Waals surface area contributed by atoms with Crippen LogP contribution < -0.4 is 15.8 Å². The first-order chi connectivity index (χ1) is 8.79. The van der Waals surface area contributed by atoms with Crippen molar-refractivity contribution >= 4 is 17.6 Å². The number of benzene rings is 1. The quantitative estimate of drug-likeness (QED) is 0.747. The van der Waals surface area contributed by atoms with Crippen LogP contribution in [-0.2, 0) is 16.0 Å². The average molecular weight is 264 g/mol. The van der Waals surface area contributed by atoms with Crippen LogP contribution in [0, 0.1) is 0 Å². The fourth-order valence-corrected chi connectivity index (χ4v) is 1.83. The van der Waals surface area contributed by atoms with Crippen molar-refractivity contribution in [1.29, 1.82) is 0 Å². The third-order valence-electron chi connectivity index (χ3n) is 2.98. The number of carbonyl (C=O) groups excluding carboxylic acids is 1. The maximum absolute atomic E-state index is 11.8. The number of nitrogens with one attached hydrogen (secondary N) is 1. The molecule has 1 amide bonds. The molecule has 4 N–H and O–H groups in total. The molecule has 2 rings (SSSR count). The van der Waals surface area contributed by atoms with Gasteiger partial charge in [-0.1, -0.05) is 6.07 Å². The summed E-state index contributed by atoms with van der Waals surface area (Å²) in [5.74, 6) is -0.726. The Labute approximate surface area is 110 Å². The fourth-order valence-electron chi connectivity index (χ4n) is 1.83. The van der Waals surface area contributed by atoms with Crippen molar-refractivity contribution in [3.63, 3.8) is 0 Å². The molecule has 0 aliphatic carbocycles. The summed E-state index contributed by atoms with van der Waals surface area (Å²) >= 11 is 0. The molecule has 1 unspecified atom stereocenters. The zero-order chi connectivity index (χ0) is 14.2. The van der Waals surface area contributed by atoms with Crippen molar-refractivity contribution in [2.75, 3.05) is 5.32 Å². The predicted molar refractivity (Wildman–Crippen MR) is 69.1 cm³/mol. The van der Waals surface area contributed by atoms with Gasteiger partial charge in [-0.05, 0) is 38.0 Å². The van der Waals surface area contributed by atoms with E-state index in [0.29, 0.717) is 11.4 Å². The van der Waals surface area contributed by atoms with Crippen LogP contribution in [0.15, 0.2) is 18.2 Å². The number of nitrogens with two attached hydrogens (primary N) is 1. The summed E-state index contributed by atoms with van der Waals surface area (Å²) in [6, 6.07) is 4.18. The number of hydrogen-bond acceptors (Lipinski definition) is 4. The Kier molecular flexibility index (Phi) is 3.20. The molecular formula is C13H16N2O4. The standard InChI is InChI=1S/C13H16N2O4/c1-13(2)12(18)15-9-6-7(3-4-10(9)19-13)5-8(14)11(16)17/h3-4,6,8H,5,14H2,1-2H3,(H,15,18)(H,16,17). The number of aliphatic carboxylic acids is 1. The van der Waals surface area contributed by atoms with Gasteiger partial charge in [0.2, 0.25) is 0 Å². The van der Waals surface area contributed by atoms with E-state index in [1.807, 2.05) is 0 Å². The molecule has 0 bridgehead atoms. The molecule has 1 aliphatic heterocycles. The molecule has 1 heterocycles. The van der Waals surface area contributed by atoms with Crippen molar-refractivity contribution in [3.8, 4) is 5.75 Å². The molecule has 0 radical (unpaired) electrons. The number of hydrogen-bond donors (Lipinski definition) is 3. The molecule has 6 nitrogen and oxygen atoms in total. The van der Waals surface area contributed by atoms with Crippen LogP contribution in [0.3, 0.4) is 0 Å². The number of anilines is 1. The Bertz CT molecular complexity index is 539. The topological polar surface area (TPSA) is 102 Å². The van der Waals surface area contributed by atoms with E-state index in [0.717, 1.165) is 5.56 Å². The van der Waals surface area contributed by atoms with Crippen LogP contribution in [0.4, 0.5) is 5.69 Å². The van der Waals surface area contributed by atoms with Gasteiger partial charge in [0, 0.05) is 0 Å². The largest absolute Gasteiger partial charge is 0.480 e. The second kappa shape index (κ2) is 4.55. The summed E-state index contributed by atoms with van der Waals surface area (Å²) in [4.78, 5) is 22.5. The third kappa shape index (κ3) is 2.68. The number of carbonyl (C=O) groups is 2. The van der Waals surface area contributed by atoms with Gasteiger partial charge in [0.1, 0.15) is 11.8 Å². The summed E-state index contributed by atoms with van der Waals surface area (Å²) in [7, 11) is 0. The van der Waals surface area contributed by atoms with E-state index in [9.17, 15) is 9.59 Å². The Morgan fingerprint density at radius 3 is 2.84 bits per heavy atom. The van der Waals surface area contributed by atoms with E-state index in [-0.39, 0.29) is 12.3 Å². The van der Waals surface area contributed by atoms with E-state index in [1.54, 1.807) is 32.0 Å². The molecule has 1 aromatic rings. The Hall–Kier alpha value is -2.08. The second-order valence-corrected chi connectivity index (χ2v) is 5.05. The van der Waals surface area contributed by atoms with E-state index in [4.69, 9.17) is 15.6 Å². The average Bonchev–Trinajstić information content (AvgIpc) is 2.30. The van der Waals surface area contributed by atoms with Crippen molar-refractivity contribution in [3.05, 3.63) is 23.8 Å². The minimum absolute atomic E-state index is 0.196. The molecule has 1 aromatic carbocycles. The van der Waals surface area contributed by atoms with Crippen LogP contribution in [0.2, 0.25) is 0 Å². The highest BCUT2D eigenvalue weighted by Crippen LogP contribution is 2.34. The van der Waals surface area contributed by atoms with Gasteiger partial charge in [0.15, 0.2) is 5.60 Å². The first-order valence-corrected chi connectivity index (χ1v) is 5.91. The molecule has 1 atom stereocenters. The SMILES string of the molecule is CC1(C)Oc2ccc(CC(N)C(=O)O)cc2NC1=O. The monoisotopic (exact) mass is 264 g/mol. The molecule has 1 aliphatic rings. The highest BCUT2D eigenvalue weighted by molar-refractivity contribution is 6.00. The maximum Gasteiger partial charge on any atom is 0.320 e. The summed E-state index contributed by atoms with van der Waals surface area (Å²) in [5, 5.41) is 11.5. The normalized spacial score (nSPS) is 17.9. The van der Waals surface area contributed by atoms with Crippen LogP contribution in [-0.4, -0.2) is 28.6 Å². The fraction of sp³-hybridized carbons (Fsp3) is 0.385. The Morgan fingerprint density at radius 2 is 2.21 bits per heavy atom. The molecule has 0 saturated carbocycles. The van der Waals surface area contributed by atoms with Gasteiger partial charge < -0.3 is 20.9 Å². The number of ether oxygens (including phenoxy) is 1. The predicted octanol–water partition coefficient (Wildman–Crippen LogP) is 0.750. The highest BCUT2D eigenvalue weighted by atomic mass is 16.5. The molecule has 102 valence electrons. The van der Waals surface area contributed by atoms with Crippen LogP contribution >= 0.6 is 0 Å². The van der Waals surface area contributed by atoms with Gasteiger partial charge >= 0.3 is 5.97 Å². The highest BCUT2D eigenvalue weighted by Gasteiger charge is 2.35. The molecule has 6 heteroatoms. The van der Waals surface area contributed by atoms with Crippen LogP contribution in [0.5, 0.6) is 5.75 Å². The Morgan fingerprint density at radius 1 is 1.53 bits per heavy atom. The molecule has 0 saturated heterocycles. The molecule has 0 aromatic heterocycles. The third-order valence-corrected chi connectivity index (χ3v) is 2.98. The summed E-state index contributed by atoms with van der Waals surface area (Å²) in [6.07, 6.45) is 0.196. The van der Waals surface area contributed by atoms with Gasteiger partial charge in [-0.2, -0.15) is 0 Å². The van der Waals surface area contributed by atoms with Gasteiger partial charge in [0.25, 0.3) is 5.91 Å². The summed E-state index contributed by atoms with van der Waals surface area (Å²) in [6.45, 7) is 3.36. The maximum atomic E-state index is 11.8. The molecule has 0 fully saturated rings. The molecule has 0 spiro atoms. The minimum atomic E-state index is -1.06. The Balaban J connectivity index is 2.24. The molecular weight excluding hydrogens is 248 g/mol. The lowest BCUT2D eigenvalue weighted by Crippen LogP contribution is -2.45. The zero-order valence-electron chi connectivity index (χ0n) is 10.8. The smallest absolute Gasteiger partial charge is 0.320 e. The van der Waals surface area contributed by atoms with Gasteiger partial charge in [0.05, 0.1) is 5.69 Å². The first-order valence-electron chi connectivity index (χ1n) is 5.91. The summed E-state index contributed by atoms with van der Waals surface area (Å²) < 4.78 is 5.58. The van der Waals surface area contributed by atoms with Crippen molar-refractivity contribution < 1.29 is 19.4 Å². The van der Waals surface area contributed by atoms with Crippen molar-refractivity contribution in [2.24, 2.45) is 5.73 Å². The van der Waals surface area contributed by atoms with Crippen LogP contribution in [0.25, 0.3) is 0 Å². The zero-order valence-corrected chi connectivity index (χ0v) is 10.8. The number of rotatable bonds is 3. The van der Waals surface area contributed by atoms with E-state index in [2.05, 4.69) is 5.32 Å². The van der Waals surface area contributed by atoms with Gasteiger partial charge in [-0.3, -0.25) is 9.59 Å². The van der Waals surface area contributed by atoms with E-state index >= 15 is 0 Å². The van der Waals surface area contributed by atoms with Gasteiger partial charge in [-0.25, -0.2) is 0 Å². The second-order valence-electron chi connectivity index (χ2n) is 5.05. The van der Waals surface area contributed by atoms with Gasteiger partial charge in [-0.15, -0.1) is 0 Å². The van der Waals surface area contributed by atoms with E-state index in [1.165, 1.54) is 0 Å². The first kappa shape index (κ1) is 13.4. The summed E-state index contributed by atoms with van der Waals surface area (Å²) in [5.41, 5.74) is 5.84. The molecule has 19 heavy (non-hydrogen) atoms. The lowest BCUT2D eigenvalue weighted by Gasteiger charge is -2.31. The lowest BCUT2D eigenvalue weighted by molar-refractivity contribution is -0.138. The number of carboxylic acid groups (broad SMARTS) is 1. The number of carboxylic acids is 1. The van der Waals surface area contributed by atoms with Crippen LogP contribution in [0.1, 0.15) is 19.4 Å². The lowest BCUT2D eigenvalue weighted by atomic mass is 10.0. The minimum Gasteiger partial charge on any atom is -0.480 e.